The summed E-state index contributed by atoms with van der Waals surface area (Å²) in [7, 11) is -2.96. The third-order valence-corrected chi connectivity index (χ3v) is 12.1. The van der Waals surface area contributed by atoms with Gasteiger partial charge in [0.05, 0.1) is 52.0 Å². The number of amides is 3. The van der Waals surface area contributed by atoms with Crippen LogP contribution in [0.1, 0.15) is 41.4 Å². The number of halogens is 2. The largest absolute Gasteiger partial charge is 0.465 e. The van der Waals surface area contributed by atoms with E-state index in [1.165, 1.54) is 42.5 Å². The molecule has 4 aromatic rings. The smallest absolute Gasteiger partial charge is 0.337 e. The molecule has 0 bridgehead atoms. The predicted octanol–water partition coefficient (Wildman–Crippen LogP) is 5.84. The fraction of sp³-hybridized carbons (Fsp3) is 0.222. The average Bonchev–Trinajstić information content (AvgIpc) is 3.69. The first-order valence-corrected chi connectivity index (χ1v) is 17.9. The number of alkyl halides is 1. The topological polar surface area (TPSA) is 130 Å². The maximum atomic E-state index is 14.8. The first-order chi connectivity index (χ1) is 23.8. The maximum Gasteiger partial charge on any atom is 0.337 e. The van der Waals surface area contributed by atoms with Crippen molar-refractivity contribution in [1.29, 1.82) is 0 Å². The van der Waals surface area contributed by atoms with Crippen LogP contribution in [0.3, 0.4) is 0 Å². The van der Waals surface area contributed by atoms with Crippen molar-refractivity contribution >= 4 is 67.9 Å². The molecule has 3 aromatic carbocycles. The second kappa shape index (κ2) is 11.0. The van der Waals surface area contributed by atoms with E-state index in [2.05, 4.69) is 5.32 Å². The Kier molecular flexibility index (Phi) is 7.14. The van der Waals surface area contributed by atoms with Crippen LogP contribution in [-0.2, 0) is 19.6 Å². The number of para-hydroxylation sites is 1. The molecule has 3 amide bonds. The van der Waals surface area contributed by atoms with Gasteiger partial charge in [-0.3, -0.25) is 19.6 Å². The number of methoxy groups -OCH3 is 1. The van der Waals surface area contributed by atoms with Gasteiger partial charge in [-0.05, 0) is 61.9 Å². The molecular weight excluding hydrogens is 701 g/mol. The molecule has 0 saturated carbocycles. The monoisotopic (exact) mass is 729 g/mol. The van der Waals surface area contributed by atoms with E-state index in [9.17, 15) is 22.8 Å². The van der Waals surface area contributed by atoms with Gasteiger partial charge in [-0.15, -0.1) is 11.6 Å². The number of nitrogens with one attached hydrogen (secondary N) is 1. The van der Waals surface area contributed by atoms with Crippen molar-refractivity contribution in [1.82, 2.24) is 19.1 Å². The Morgan fingerprint density at radius 3 is 2.48 bits per heavy atom. The molecule has 254 valence electrons. The molecule has 50 heavy (non-hydrogen) atoms. The molecule has 4 aliphatic rings. The summed E-state index contributed by atoms with van der Waals surface area (Å²) in [4.78, 5) is 46.9. The van der Waals surface area contributed by atoms with Crippen molar-refractivity contribution in [2.24, 2.45) is 10.4 Å². The van der Waals surface area contributed by atoms with Crippen LogP contribution >= 0.6 is 23.2 Å². The Labute approximate surface area is 297 Å². The molecule has 1 aromatic heterocycles. The molecule has 4 unspecified atom stereocenters. The second-order valence-electron chi connectivity index (χ2n) is 13.0. The highest BCUT2D eigenvalue weighted by molar-refractivity contribution is 7.90. The molecule has 1 aliphatic carbocycles. The third kappa shape index (κ3) is 4.58. The van der Waals surface area contributed by atoms with Crippen LogP contribution in [0.25, 0.3) is 10.9 Å². The molecule has 1 fully saturated rings. The number of carbonyl (C=O) groups is 3. The summed E-state index contributed by atoms with van der Waals surface area (Å²) in [5.74, 6) is -0.730. The van der Waals surface area contributed by atoms with Crippen LogP contribution in [0.15, 0.2) is 112 Å². The Balaban J connectivity index is 1.34. The molecular formula is C36H29Cl2N5O6S. The Morgan fingerprint density at radius 1 is 1.02 bits per heavy atom. The minimum atomic E-state index is -4.21. The molecule has 11 nitrogen and oxygen atoms in total. The van der Waals surface area contributed by atoms with Gasteiger partial charge in [0.25, 0.3) is 10.0 Å². The molecule has 0 spiro atoms. The van der Waals surface area contributed by atoms with Gasteiger partial charge in [0.15, 0.2) is 0 Å². The number of aliphatic imine (C=N–C) groups is 1. The fourth-order valence-corrected chi connectivity index (χ4v) is 9.31. The van der Waals surface area contributed by atoms with E-state index in [4.69, 9.17) is 32.9 Å². The highest BCUT2D eigenvalue weighted by Crippen LogP contribution is 2.56. The van der Waals surface area contributed by atoms with Gasteiger partial charge >= 0.3 is 12.0 Å². The lowest BCUT2D eigenvalue weighted by Crippen LogP contribution is -2.67. The van der Waals surface area contributed by atoms with E-state index in [0.29, 0.717) is 32.9 Å². The summed E-state index contributed by atoms with van der Waals surface area (Å²) >= 11 is 13.4. The minimum Gasteiger partial charge on any atom is -0.465 e. The van der Waals surface area contributed by atoms with E-state index in [0.717, 1.165) is 9.54 Å². The number of esters is 1. The van der Waals surface area contributed by atoms with Crippen molar-refractivity contribution in [3.8, 4) is 0 Å². The van der Waals surface area contributed by atoms with Crippen molar-refractivity contribution in [3.63, 3.8) is 0 Å². The van der Waals surface area contributed by atoms with E-state index < -0.39 is 44.4 Å². The zero-order chi connectivity index (χ0) is 35.3. The maximum absolute atomic E-state index is 14.8. The van der Waals surface area contributed by atoms with E-state index in [-0.39, 0.29) is 28.7 Å². The van der Waals surface area contributed by atoms with Gasteiger partial charge in [0, 0.05) is 22.2 Å². The van der Waals surface area contributed by atoms with Gasteiger partial charge in [0.2, 0.25) is 5.91 Å². The molecule has 4 atom stereocenters. The summed E-state index contributed by atoms with van der Waals surface area (Å²) in [6.45, 7) is 3.52. The number of allylic oxidation sites excluding steroid dienone is 1. The lowest BCUT2D eigenvalue weighted by molar-refractivity contribution is -0.122. The summed E-state index contributed by atoms with van der Waals surface area (Å²) in [6, 6.07) is 17.9. The van der Waals surface area contributed by atoms with E-state index in [1.807, 2.05) is 31.2 Å². The fourth-order valence-electron chi connectivity index (χ4n) is 7.54. The van der Waals surface area contributed by atoms with Crippen LogP contribution in [0.5, 0.6) is 0 Å². The van der Waals surface area contributed by atoms with Gasteiger partial charge in [-0.2, -0.15) is 0 Å². The Hall–Kier alpha value is -4.91. The zero-order valence-electron chi connectivity index (χ0n) is 26.9. The van der Waals surface area contributed by atoms with Crippen LogP contribution in [0.2, 0.25) is 5.02 Å². The standard InChI is InChI=1S/C36H29Cl2N5O6S/c1-35-15-16-36(2,38)29-31(35)41(19-27(44)39-29)34(46)43-30(35)28(21-7-6-8-22(37)17-21)40-32(43)25-18-42(26-10-5-4-9-24(25)26)50(47,48)23-13-11-20(12-14-23)33(45)49-3/h4-18,28,30H,19H2,1-3H3,(H,39,44). The van der Waals surface area contributed by atoms with Crippen molar-refractivity contribution in [2.45, 2.75) is 35.7 Å². The number of nitrogens with zero attached hydrogens (tertiary/aromatic N) is 4. The minimum absolute atomic E-state index is 0.0554. The van der Waals surface area contributed by atoms with Gasteiger partial charge in [-0.1, -0.05) is 54.1 Å². The molecule has 1 saturated heterocycles. The zero-order valence-corrected chi connectivity index (χ0v) is 29.3. The number of benzene rings is 3. The summed E-state index contributed by atoms with van der Waals surface area (Å²) in [5.41, 5.74) is 1.85. The number of aromatic nitrogens is 1. The highest BCUT2D eigenvalue weighted by Gasteiger charge is 2.62. The molecule has 8 rings (SSSR count). The SMILES string of the molecule is COC(=O)c1ccc(S(=O)(=O)n2cc(C3=NC(c4cccc(Cl)c4)C4N3C(=O)N3CC(=O)NC5=C3C4(C)C=CC5(C)Cl)c3ccccc32)cc1. The van der Waals surface area contributed by atoms with Gasteiger partial charge < -0.3 is 10.1 Å². The van der Waals surface area contributed by atoms with Gasteiger partial charge in [-0.25, -0.2) is 22.0 Å². The lowest BCUT2D eigenvalue weighted by Gasteiger charge is -2.55. The van der Waals surface area contributed by atoms with Crippen LogP contribution in [-0.4, -0.2) is 70.5 Å². The number of urea groups is 1. The van der Waals surface area contributed by atoms with Crippen LogP contribution in [0.4, 0.5) is 4.79 Å². The number of ether oxygens (including phenoxy) is 1. The second-order valence-corrected chi connectivity index (χ2v) is 16.0. The average molecular weight is 731 g/mol. The molecule has 4 heterocycles. The summed E-state index contributed by atoms with van der Waals surface area (Å²) in [6.07, 6.45) is 5.25. The van der Waals surface area contributed by atoms with Crippen LogP contribution < -0.4 is 5.32 Å². The first kappa shape index (κ1) is 32.3. The Morgan fingerprint density at radius 2 is 1.76 bits per heavy atom. The number of carbonyl (C=O) groups excluding carboxylic acids is 3. The number of hydrogen-bond donors (Lipinski definition) is 1. The molecule has 1 N–H and O–H groups in total. The predicted molar refractivity (Wildman–Crippen MR) is 187 cm³/mol. The number of fused-ring (bicyclic) bond motifs is 3. The number of amidine groups is 1. The van der Waals surface area contributed by atoms with Crippen molar-refractivity contribution in [2.75, 3.05) is 13.7 Å². The normalized spacial score (nSPS) is 25.7. The quantitative estimate of drug-likeness (QED) is 0.156. The van der Waals surface area contributed by atoms with Gasteiger partial charge in [0.1, 0.15) is 17.3 Å². The molecule has 3 aliphatic heterocycles. The first-order valence-electron chi connectivity index (χ1n) is 15.7. The number of rotatable bonds is 5. The van der Waals surface area contributed by atoms with Crippen molar-refractivity contribution < 1.29 is 27.5 Å². The molecule has 0 radical (unpaired) electrons. The number of hydrogen-bond acceptors (Lipinski definition) is 7. The third-order valence-electron chi connectivity index (χ3n) is 9.87. The summed E-state index contributed by atoms with van der Waals surface area (Å²) in [5, 5.41) is 3.96. The Bertz CT molecular complexity index is 2380. The van der Waals surface area contributed by atoms with Crippen LogP contribution in [0, 0.1) is 5.41 Å². The lowest BCUT2D eigenvalue weighted by atomic mass is 9.67. The molecule has 14 heteroatoms. The van der Waals surface area contributed by atoms with E-state index in [1.54, 1.807) is 48.2 Å². The summed E-state index contributed by atoms with van der Waals surface area (Å²) < 4.78 is 34.3. The van der Waals surface area contributed by atoms with E-state index >= 15 is 0 Å². The highest BCUT2D eigenvalue weighted by atomic mass is 35.5. The van der Waals surface area contributed by atoms with Crippen molar-refractivity contribution in [3.05, 3.63) is 124 Å².